The minimum absolute atomic E-state index is 0.458. The summed E-state index contributed by atoms with van der Waals surface area (Å²) in [7, 11) is 0. The van der Waals surface area contributed by atoms with Crippen molar-refractivity contribution < 1.29 is 0 Å². The zero-order valence-corrected chi connectivity index (χ0v) is 9.93. The normalized spacial score (nSPS) is 11.1. The molecule has 0 unspecified atom stereocenters. The van der Waals surface area contributed by atoms with Crippen LogP contribution in [-0.4, -0.2) is 9.38 Å². The van der Waals surface area contributed by atoms with E-state index in [4.69, 9.17) is 17.3 Å². The Morgan fingerprint density at radius 2 is 2.36 bits per heavy atom. The molecule has 0 amide bonds. The predicted molar refractivity (Wildman–Crippen MR) is 60.5 cm³/mol. The van der Waals surface area contributed by atoms with Gasteiger partial charge in [-0.2, -0.15) is 0 Å². The average Bonchev–Trinajstić information content (AvgIpc) is 2.41. The van der Waals surface area contributed by atoms with Crippen LogP contribution >= 0.6 is 27.5 Å². The lowest BCUT2D eigenvalue weighted by atomic mass is 10.3. The Labute approximate surface area is 95.0 Å². The Hall–Kier alpha value is -0.580. The second kappa shape index (κ2) is 3.53. The molecule has 0 atom stereocenters. The van der Waals surface area contributed by atoms with Gasteiger partial charge in [0.05, 0.1) is 20.9 Å². The van der Waals surface area contributed by atoms with E-state index in [1.54, 1.807) is 0 Å². The zero-order valence-electron chi connectivity index (χ0n) is 7.59. The molecule has 0 bridgehead atoms. The number of hydrogen-bond acceptors (Lipinski definition) is 2. The minimum atomic E-state index is 0.458. The molecule has 3 nitrogen and oxygen atoms in total. The van der Waals surface area contributed by atoms with E-state index < -0.39 is 0 Å². The topological polar surface area (TPSA) is 43.3 Å². The Bertz CT molecular complexity index is 492. The number of rotatable bonds is 1. The molecule has 2 N–H and O–H groups in total. The molecular formula is C9H9BrClN3. The van der Waals surface area contributed by atoms with E-state index in [2.05, 4.69) is 20.9 Å². The average molecular weight is 275 g/mol. The number of nitrogens with two attached hydrogens (primary N) is 1. The summed E-state index contributed by atoms with van der Waals surface area (Å²) in [5.41, 5.74) is 8.43. The van der Waals surface area contributed by atoms with Crippen molar-refractivity contribution in [2.24, 2.45) is 5.73 Å². The molecule has 0 aliphatic heterocycles. The van der Waals surface area contributed by atoms with Crippen molar-refractivity contribution in [3.05, 3.63) is 33.1 Å². The number of imidazole rings is 1. The fraction of sp³-hybridized carbons (Fsp3) is 0.222. The van der Waals surface area contributed by atoms with Crippen LogP contribution < -0.4 is 5.73 Å². The van der Waals surface area contributed by atoms with E-state index in [1.807, 2.05) is 23.6 Å². The van der Waals surface area contributed by atoms with Crippen LogP contribution in [0.15, 0.2) is 16.7 Å². The Balaban J connectivity index is 2.87. The van der Waals surface area contributed by atoms with Gasteiger partial charge in [0.25, 0.3) is 0 Å². The summed E-state index contributed by atoms with van der Waals surface area (Å²) in [6.07, 6.45) is 1.82. The molecular weight excluding hydrogens is 265 g/mol. The van der Waals surface area contributed by atoms with Crippen LogP contribution in [0, 0.1) is 6.92 Å². The highest BCUT2D eigenvalue weighted by molar-refractivity contribution is 9.10. The Kier molecular flexibility index (Phi) is 2.51. The van der Waals surface area contributed by atoms with Crippen molar-refractivity contribution in [2.45, 2.75) is 13.5 Å². The van der Waals surface area contributed by atoms with Gasteiger partial charge in [0, 0.05) is 12.7 Å². The van der Waals surface area contributed by atoms with Crippen molar-refractivity contribution >= 4 is 33.2 Å². The highest BCUT2D eigenvalue weighted by atomic mass is 79.9. The summed E-state index contributed by atoms with van der Waals surface area (Å²) in [6.45, 7) is 2.40. The van der Waals surface area contributed by atoms with Gasteiger partial charge < -0.3 is 10.1 Å². The van der Waals surface area contributed by atoms with Gasteiger partial charge >= 0.3 is 0 Å². The number of halogens is 2. The van der Waals surface area contributed by atoms with E-state index in [-0.39, 0.29) is 0 Å². The lowest BCUT2D eigenvalue weighted by Gasteiger charge is -2.01. The van der Waals surface area contributed by atoms with Gasteiger partial charge in [-0.15, -0.1) is 0 Å². The molecule has 2 aromatic heterocycles. The zero-order chi connectivity index (χ0) is 10.3. The van der Waals surface area contributed by atoms with E-state index in [9.17, 15) is 0 Å². The molecule has 0 fully saturated rings. The van der Waals surface area contributed by atoms with Crippen LogP contribution in [0.3, 0.4) is 0 Å². The van der Waals surface area contributed by atoms with E-state index in [1.165, 1.54) is 0 Å². The first-order valence-electron chi connectivity index (χ1n) is 4.16. The van der Waals surface area contributed by atoms with Crippen LogP contribution in [-0.2, 0) is 6.54 Å². The molecule has 74 valence electrons. The van der Waals surface area contributed by atoms with Gasteiger partial charge in [-0.25, -0.2) is 4.98 Å². The monoisotopic (exact) mass is 273 g/mol. The van der Waals surface area contributed by atoms with E-state index >= 15 is 0 Å². The SMILES string of the molecule is Cc1nc2c(Br)cc(Cl)cn2c1CN. The highest BCUT2D eigenvalue weighted by Gasteiger charge is 2.10. The maximum Gasteiger partial charge on any atom is 0.151 e. The van der Waals surface area contributed by atoms with Gasteiger partial charge in [-0.05, 0) is 28.9 Å². The third kappa shape index (κ3) is 1.43. The molecule has 14 heavy (non-hydrogen) atoms. The lowest BCUT2D eigenvalue weighted by molar-refractivity contribution is 0.943. The first-order valence-corrected chi connectivity index (χ1v) is 5.33. The lowest BCUT2D eigenvalue weighted by Crippen LogP contribution is -2.02. The summed E-state index contributed by atoms with van der Waals surface area (Å²) in [5, 5.41) is 0.663. The predicted octanol–water partition coefficient (Wildman–Crippen LogP) is 2.52. The van der Waals surface area contributed by atoms with Crippen LogP contribution in [0.4, 0.5) is 0 Å². The van der Waals surface area contributed by atoms with E-state index in [0.717, 1.165) is 21.5 Å². The van der Waals surface area contributed by atoms with Crippen LogP contribution in [0.25, 0.3) is 5.65 Å². The van der Waals surface area contributed by atoms with Crippen molar-refractivity contribution in [2.75, 3.05) is 0 Å². The number of hydrogen-bond donors (Lipinski definition) is 1. The molecule has 0 aromatic carbocycles. The van der Waals surface area contributed by atoms with Crippen molar-refractivity contribution in [1.29, 1.82) is 0 Å². The summed E-state index contributed by atoms with van der Waals surface area (Å²) < 4.78 is 2.80. The molecule has 5 heteroatoms. The van der Waals surface area contributed by atoms with Crippen molar-refractivity contribution in [3.63, 3.8) is 0 Å². The molecule has 0 aliphatic carbocycles. The smallest absolute Gasteiger partial charge is 0.151 e. The van der Waals surface area contributed by atoms with Gasteiger partial charge in [-0.1, -0.05) is 11.6 Å². The number of aromatic nitrogens is 2. The second-order valence-corrected chi connectivity index (χ2v) is 4.34. The van der Waals surface area contributed by atoms with Crippen molar-refractivity contribution in [3.8, 4) is 0 Å². The molecule has 2 heterocycles. The van der Waals surface area contributed by atoms with Gasteiger partial charge in [0.2, 0.25) is 0 Å². The number of aryl methyl sites for hydroxylation is 1. The minimum Gasteiger partial charge on any atom is -0.325 e. The summed E-state index contributed by atoms with van der Waals surface area (Å²) in [6, 6.07) is 1.82. The number of fused-ring (bicyclic) bond motifs is 1. The highest BCUT2D eigenvalue weighted by Crippen LogP contribution is 2.24. The third-order valence-electron chi connectivity index (χ3n) is 2.13. The van der Waals surface area contributed by atoms with Crippen molar-refractivity contribution in [1.82, 2.24) is 9.38 Å². The van der Waals surface area contributed by atoms with E-state index in [0.29, 0.717) is 11.6 Å². The van der Waals surface area contributed by atoms with Crippen LogP contribution in [0.2, 0.25) is 5.02 Å². The largest absolute Gasteiger partial charge is 0.325 e. The Morgan fingerprint density at radius 3 is 3.00 bits per heavy atom. The van der Waals surface area contributed by atoms with Gasteiger partial charge in [0.15, 0.2) is 5.65 Å². The number of pyridine rings is 1. The quantitative estimate of drug-likeness (QED) is 0.868. The fourth-order valence-corrected chi connectivity index (χ4v) is 2.34. The Morgan fingerprint density at radius 1 is 1.64 bits per heavy atom. The van der Waals surface area contributed by atoms with Gasteiger partial charge in [0.1, 0.15) is 0 Å². The molecule has 2 aromatic rings. The molecule has 2 rings (SSSR count). The molecule has 0 spiro atoms. The standard InChI is InChI=1S/C9H9BrClN3/c1-5-8(3-12)14-4-6(11)2-7(10)9(14)13-5/h2,4H,3,12H2,1H3. The van der Waals surface area contributed by atoms with Crippen LogP contribution in [0.5, 0.6) is 0 Å². The summed E-state index contributed by atoms with van der Waals surface area (Å²) in [4.78, 5) is 4.40. The number of nitrogens with zero attached hydrogens (tertiary/aromatic N) is 2. The van der Waals surface area contributed by atoms with Gasteiger partial charge in [-0.3, -0.25) is 0 Å². The summed E-state index contributed by atoms with van der Waals surface area (Å²) >= 11 is 9.36. The molecule has 0 saturated carbocycles. The molecule has 0 saturated heterocycles. The summed E-state index contributed by atoms with van der Waals surface area (Å²) in [5.74, 6) is 0. The first-order chi connectivity index (χ1) is 6.63. The van der Waals surface area contributed by atoms with Crippen LogP contribution in [0.1, 0.15) is 11.4 Å². The fourth-order valence-electron chi connectivity index (χ4n) is 1.48. The third-order valence-corrected chi connectivity index (χ3v) is 2.92. The first kappa shape index (κ1) is 9.96. The molecule has 0 aliphatic rings. The second-order valence-electron chi connectivity index (χ2n) is 3.05. The maximum absolute atomic E-state index is 5.94. The molecule has 0 radical (unpaired) electrons. The maximum atomic E-state index is 5.94.